The smallest absolute Gasteiger partial charge is 0.217 e. The lowest BCUT2D eigenvalue weighted by atomic mass is 9.94. The molecule has 2 aliphatic rings. The number of primary amides is 1. The molecule has 2 bridgehead atoms. The Hall–Kier alpha value is -1.35. The van der Waals surface area contributed by atoms with Gasteiger partial charge >= 0.3 is 0 Å². The van der Waals surface area contributed by atoms with E-state index in [1.807, 2.05) is 0 Å². The summed E-state index contributed by atoms with van der Waals surface area (Å²) in [7, 11) is 0. The van der Waals surface area contributed by atoms with Gasteiger partial charge in [0.2, 0.25) is 5.91 Å². The van der Waals surface area contributed by atoms with Crippen LogP contribution in [0, 0.1) is 11.8 Å². The minimum atomic E-state index is -0.181. The first kappa shape index (κ1) is 14.6. The summed E-state index contributed by atoms with van der Waals surface area (Å²) in [6, 6.07) is 9.61. The predicted octanol–water partition coefficient (Wildman–Crippen LogP) is 2.43. The lowest BCUT2D eigenvalue weighted by molar-refractivity contribution is -0.118. The molecule has 1 aromatic carbocycles. The molecule has 0 radical (unpaired) electrons. The van der Waals surface area contributed by atoms with Gasteiger partial charge in [0.1, 0.15) is 0 Å². The first-order chi connectivity index (χ1) is 10.2. The van der Waals surface area contributed by atoms with E-state index in [0.29, 0.717) is 12.5 Å². The number of rotatable bonds is 6. The van der Waals surface area contributed by atoms with Crippen LogP contribution < -0.4 is 11.1 Å². The molecule has 1 amide bonds. The molecule has 3 rings (SSSR count). The van der Waals surface area contributed by atoms with E-state index in [2.05, 4.69) is 29.6 Å². The van der Waals surface area contributed by atoms with E-state index in [1.165, 1.54) is 25.7 Å². The number of nitrogens with one attached hydrogen (secondary N) is 1. The molecule has 3 N–H and O–H groups in total. The van der Waals surface area contributed by atoms with Gasteiger partial charge in [-0.15, -0.1) is 0 Å². The van der Waals surface area contributed by atoms with E-state index < -0.39 is 0 Å². The SMILES string of the molecule is NC(=O)CCCCNC1C2CCC1Cc1ccccc1C2. The van der Waals surface area contributed by atoms with E-state index >= 15 is 0 Å². The van der Waals surface area contributed by atoms with Crippen LogP contribution >= 0.6 is 0 Å². The van der Waals surface area contributed by atoms with Crippen molar-refractivity contribution in [1.82, 2.24) is 5.32 Å². The third-order valence-electron chi connectivity index (χ3n) is 5.24. The molecule has 2 atom stereocenters. The van der Waals surface area contributed by atoms with Crippen molar-refractivity contribution in [3.8, 4) is 0 Å². The fourth-order valence-electron chi connectivity index (χ4n) is 4.18. The number of carbonyl (C=O) groups is 1. The minimum Gasteiger partial charge on any atom is -0.370 e. The zero-order valence-corrected chi connectivity index (χ0v) is 12.7. The number of hydrogen-bond donors (Lipinski definition) is 2. The van der Waals surface area contributed by atoms with Crippen molar-refractivity contribution in [2.24, 2.45) is 17.6 Å². The Bertz CT molecular complexity index is 467. The Kier molecular flexibility index (Phi) is 4.59. The Morgan fingerprint density at radius 3 is 2.29 bits per heavy atom. The number of hydrogen-bond acceptors (Lipinski definition) is 2. The van der Waals surface area contributed by atoms with Gasteiger partial charge < -0.3 is 11.1 Å². The lowest BCUT2D eigenvalue weighted by Gasteiger charge is -2.23. The van der Waals surface area contributed by atoms with Crippen molar-refractivity contribution in [2.45, 2.75) is 51.0 Å². The van der Waals surface area contributed by atoms with Crippen LogP contribution in [0.5, 0.6) is 0 Å². The summed E-state index contributed by atoms with van der Waals surface area (Å²) >= 11 is 0. The average Bonchev–Trinajstić information content (AvgIpc) is 2.73. The molecule has 1 saturated carbocycles. The topological polar surface area (TPSA) is 55.1 Å². The molecule has 2 unspecified atom stereocenters. The van der Waals surface area contributed by atoms with Crippen molar-refractivity contribution in [2.75, 3.05) is 6.54 Å². The van der Waals surface area contributed by atoms with Gasteiger partial charge in [-0.05, 0) is 68.0 Å². The summed E-state index contributed by atoms with van der Waals surface area (Å²) < 4.78 is 0. The molecule has 0 heterocycles. The van der Waals surface area contributed by atoms with Gasteiger partial charge in [0.25, 0.3) is 0 Å². The Morgan fingerprint density at radius 2 is 1.71 bits per heavy atom. The molecule has 0 aromatic heterocycles. The highest BCUT2D eigenvalue weighted by Gasteiger charge is 2.38. The summed E-state index contributed by atoms with van der Waals surface area (Å²) in [5, 5.41) is 3.78. The number of benzene rings is 1. The van der Waals surface area contributed by atoms with Crippen LogP contribution in [0.25, 0.3) is 0 Å². The fraction of sp³-hybridized carbons (Fsp3) is 0.611. The maximum Gasteiger partial charge on any atom is 0.217 e. The van der Waals surface area contributed by atoms with Gasteiger partial charge in [-0.25, -0.2) is 0 Å². The molecule has 2 aliphatic carbocycles. The van der Waals surface area contributed by atoms with Crippen molar-refractivity contribution >= 4 is 5.91 Å². The molecular weight excluding hydrogens is 260 g/mol. The second kappa shape index (κ2) is 6.61. The molecule has 0 saturated heterocycles. The maximum absolute atomic E-state index is 10.8. The van der Waals surface area contributed by atoms with Crippen LogP contribution in [0.4, 0.5) is 0 Å². The highest BCUT2D eigenvalue weighted by Crippen LogP contribution is 2.39. The van der Waals surface area contributed by atoms with Gasteiger partial charge in [-0.2, -0.15) is 0 Å². The number of unbranched alkanes of at least 4 members (excludes halogenated alkanes) is 1. The van der Waals surface area contributed by atoms with Gasteiger partial charge in [-0.1, -0.05) is 24.3 Å². The second-order valence-electron chi connectivity index (χ2n) is 6.68. The van der Waals surface area contributed by atoms with Crippen LogP contribution in [0.1, 0.15) is 43.2 Å². The molecular formula is C18H26N2O. The third-order valence-corrected chi connectivity index (χ3v) is 5.24. The van der Waals surface area contributed by atoms with Crippen molar-refractivity contribution < 1.29 is 4.79 Å². The Labute approximate surface area is 127 Å². The molecule has 0 aliphatic heterocycles. The first-order valence-electron chi connectivity index (χ1n) is 8.32. The van der Waals surface area contributed by atoms with Crippen molar-refractivity contribution in [1.29, 1.82) is 0 Å². The summed E-state index contributed by atoms with van der Waals surface area (Å²) in [6.07, 6.45) is 7.65. The number of fused-ring (bicyclic) bond motifs is 3. The standard InChI is InChI=1S/C18H26N2O/c19-17(21)7-3-4-10-20-18-15-8-9-16(18)12-14-6-2-1-5-13(14)11-15/h1-2,5-6,15-16,18,20H,3-4,7-12H2,(H2,19,21). The highest BCUT2D eigenvalue weighted by molar-refractivity contribution is 5.73. The van der Waals surface area contributed by atoms with E-state index in [9.17, 15) is 4.79 Å². The van der Waals surface area contributed by atoms with E-state index in [-0.39, 0.29) is 5.91 Å². The summed E-state index contributed by atoms with van der Waals surface area (Å²) in [6.45, 7) is 1.02. The third kappa shape index (κ3) is 3.46. The van der Waals surface area contributed by atoms with Crippen molar-refractivity contribution in [3.63, 3.8) is 0 Å². The normalized spacial score (nSPS) is 27.1. The Morgan fingerprint density at radius 1 is 1.10 bits per heavy atom. The zero-order valence-electron chi connectivity index (χ0n) is 12.7. The predicted molar refractivity (Wildman–Crippen MR) is 84.9 cm³/mol. The Balaban J connectivity index is 1.55. The molecule has 21 heavy (non-hydrogen) atoms. The highest BCUT2D eigenvalue weighted by atomic mass is 16.1. The maximum atomic E-state index is 10.8. The van der Waals surface area contributed by atoms with Crippen LogP contribution in [-0.4, -0.2) is 18.5 Å². The summed E-state index contributed by atoms with van der Waals surface area (Å²) in [5.41, 5.74) is 8.30. The zero-order chi connectivity index (χ0) is 14.7. The first-order valence-corrected chi connectivity index (χ1v) is 8.32. The number of carbonyl (C=O) groups excluding carboxylic acids is 1. The van der Waals surface area contributed by atoms with E-state index in [4.69, 9.17) is 5.73 Å². The number of amides is 1. The summed E-state index contributed by atoms with van der Waals surface area (Å²) in [5.74, 6) is 1.39. The molecule has 1 fully saturated rings. The fourth-order valence-corrected chi connectivity index (χ4v) is 4.18. The number of nitrogens with two attached hydrogens (primary N) is 1. The largest absolute Gasteiger partial charge is 0.370 e. The monoisotopic (exact) mass is 286 g/mol. The quantitative estimate of drug-likeness (QED) is 0.789. The molecule has 1 aromatic rings. The molecule has 3 nitrogen and oxygen atoms in total. The van der Waals surface area contributed by atoms with Gasteiger partial charge in [0.05, 0.1) is 0 Å². The second-order valence-corrected chi connectivity index (χ2v) is 6.68. The molecule has 0 spiro atoms. The van der Waals surface area contributed by atoms with Crippen LogP contribution in [0.3, 0.4) is 0 Å². The summed E-state index contributed by atoms with van der Waals surface area (Å²) in [4.78, 5) is 10.8. The molecule has 3 heteroatoms. The average molecular weight is 286 g/mol. The van der Waals surface area contributed by atoms with Gasteiger partial charge in [0, 0.05) is 12.5 Å². The van der Waals surface area contributed by atoms with Gasteiger partial charge in [0.15, 0.2) is 0 Å². The van der Waals surface area contributed by atoms with Crippen LogP contribution in [-0.2, 0) is 17.6 Å². The van der Waals surface area contributed by atoms with E-state index in [0.717, 1.165) is 31.2 Å². The lowest BCUT2D eigenvalue weighted by Crippen LogP contribution is -2.38. The minimum absolute atomic E-state index is 0.181. The van der Waals surface area contributed by atoms with Crippen molar-refractivity contribution in [3.05, 3.63) is 35.4 Å². The van der Waals surface area contributed by atoms with E-state index in [1.54, 1.807) is 11.1 Å². The van der Waals surface area contributed by atoms with Crippen LogP contribution in [0.2, 0.25) is 0 Å². The van der Waals surface area contributed by atoms with Gasteiger partial charge in [-0.3, -0.25) is 4.79 Å². The van der Waals surface area contributed by atoms with Crippen LogP contribution in [0.15, 0.2) is 24.3 Å². The molecule has 114 valence electrons.